The summed E-state index contributed by atoms with van der Waals surface area (Å²) in [5, 5.41) is 9.85. The number of hydrogen-bond acceptors (Lipinski definition) is 1. The first-order chi connectivity index (χ1) is 11.4. The van der Waals surface area contributed by atoms with Crippen LogP contribution in [0.2, 0.25) is 0 Å². The second-order valence-electron chi connectivity index (χ2n) is 4.85. The van der Waals surface area contributed by atoms with Crippen molar-refractivity contribution >= 4 is 0 Å². The molecule has 0 heterocycles. The molecular formula is C20H13F3O. The van der Waals surface area contributed by atoms with Crippen LogP contribution in [-0.2, 0) is 0 Å². The average Bonchev–Trinajstić information content (AvgIpc) is 2.58. The molecule has 0 spiro atoms. The summed E-state index contributed by atoms with van der Waals surface area (Å²) in [4.78, 5) is 0. The van der Waals surface area contributed by atoms with Crippen LogP contribution in [0.4, 0.5) is 13.2 Å². The maximum atomic E-state index is 13.1. The van der Waals surface area contributed by atoms with Gasteiger partial charge in [0.1, 0.15) is 0 Å². The average molecular weight is 326 g/mol. The van der Waals surface area contributed by atoms with E-state index in [1.807, 2.05) is 12.0 Å². The van der Waals surface area contributed by atoms with Crippen LogP contribution in [0.1, 0.15) is 11.1 Å². The van der Waals surface area contributed by atoms with Crippen molar-refractivity contribution < 1.29 is 18.3 Å². The van der Waals surface area contributed by atoms with E-state index in [4.69, 9.17) is 0 Å². The summed E-state index contributed by atoms with van der Waals surface area (Å²) in [6.07, 6.45) is -3.42. The van der Waals surface area contributed by atoms with Gasteiger partial charge in [-0.15, -0.1) is 0 Å². The molecule has 0 aliphatic heterocycles. The lowest BCUT2D eigenvalue weighted by atomic mass is 10.0. The first kappa shape index (κ1) is 17.4. The summed E-state index contributed by atoms with van der Waals surface area (Å²) in [6, 6.07) is 16.9. The molecule has 4 heteroatoms. The summed E-state index contributed by atoms with van der Waals surface area (Å²) in [7, 11) is 0. The molecule has 0 saturated carbocycles. The number of halogens is 3. The molecule has 120 valence electrons. The number of hydrogen-bond donors (Lipinski definition) is 1. The van der Waals surface area contributed by atoms with Gasteiger partial charge in [0.15, 0.2) is 0 Å². The monoisotopic (exact) mass is 326 g/mol. The molecule has 0 aliphatic carbocycles. The van der Waals surface area contributed by atoms with Crippen molar-refractivity contribution in [2.45, 2.75) is 11.8 Å². The molecule has 0 bridgehead atoms. The number of rotatable bonds is 1. The molecular weight excluding hydrogens is 313 g/mol. The fraction of sp³-hybridized carbons (Fsp3) is 0.100. The zero-order chi connectivity index (χ0) is 17.5. The van der Waals surface area contributed by atoms with E-state index >= 15 is 0 Å². The van der Waals surface area contributed by atoms with Gasteiger partial charge in [0.05, 0.1) is 0 Å². The van der Waals surface area contributed by atoms with Crippen molar-refractivity contribution in [2.75, 3.05) is 0 Å². The van der Waals surface area contributed by atoms with Crippen molar-refractivity contribution in [3.63, 3.8) is 0 Å². The molecule has 24 heavy (non-hydrogen) atoms. The quantitative estimate of drug-likeness (QED) is 0.787. The largest absolute Gasteiger partial charge is 0.432 e. The van der Waals surface area contributed by atoms with E-state index in [0.29, 0.717) is 17.2 Å². The molecule has 0 amide bonds. The Hall–Kier alpha value is -2.95. The fourth-order valence-electron chi connectivity index (χ4n) is 1.70. The van der Waals surface area contributed by atoms with Crippen LogP contribution >= 0.6 is 0 Å². The number of alkyl halides is 3. The van der Waals surface area contributed by atoms with Gasteiger partial charge in [-0.1, -0.05) is 54.2 Å². The van der Waals surface area contributed by atoms with E-state index in [2.05, 4.69) is 17.8 Å². The lowest BCUT2D eigenvalue weighted by Gasteiger charge is -2.21. The normalized spacial score (nSPS) is 13.3. The zero-order valence-corrected chi connectivity index (χ0v) is 12.5. The minimum atomic E-state index is -4.93. The molecule has 0 aliphatic rings. The number of benzene rings is 2. The van der Waals surface area contributed by atoms with Gasteiger partial charge < -0.3 is 5.11 Å². The highest BCUT2D eigenvalue weighted by Gasteiger charge is 2.51. The molecule has 2 aromatic rings. The summed E-state index contributed by atoms with van der Waals surface area (Å²) < 4.78 is 39.3. The van der Waals surface area contributed by atoms with Crippen molar-refractivity contribution in [3.8, 4) is 23.7 Å². The molecule has 0 fully saturated rings. The summed E-state index contributed by atoms with van der Waals surface area (Å²) >= 11 is 0. The highest BCUT2D eigenvalue weighted by atomic mass is 19.4. The number of allylic oxidation sites excluding steroid dienone is 1. The molecule has 1 nitrogen and oxygen atoms in total. The number of aliphatic hydroxyl groups is 1. The Bertz CT molecular complexity index is 816. The van der Waals surface area contributed by atoms with Gasteiger partial charge >= 0.3 is 6.18 Å². The van der Waals surface area contributed by atoms with Crippen molar-refractivity contribution in [1.29, 1.82) is 0 Å². The third-order valence-corrected chi connectivity index (χ3v) is 3.00. The first-order valence-corrected chi connectivity index (χ1v) is 7.02. The molecule has 0 aromatic heterocycles. The van der Waals surface area contributed by atoms with E-state index in [9.17, 15) is 18.3 Å². The van der Waals surface area contributed by atoms with E-state index in [-0.39, 0.29) is 0 Å². The van der Waals surface area contributed by atoms with Crippen molar-refractivity contribution in [3.05, 3.63) is 83.9 Å². The highest BCUT2D eigenvalue weighted by molar-refractivity contribution is 5.41. The van der Waals surface area contributed by atoms with Gasteiger partial charge in [0.2, 0.25) is 5.60 Å². The van der Waals surface area contributed by atoms with E-state index in [1.54, 1.807) is 54.6 Å². The van der Waals surface area contributed by atoms with E-state index in [1.165, 1.54) is 0 Å². The smallest absolute Gasteiger partial charge is 0.367 e. The summed E-state index contributed by atoms with van der Waals surface area (Å²) in [5.74, 6) is 9.36. The SMILES string of the molecule is OC(C#Cc1ccccc1)(/C=C/C#Cc1ccccc1)C(F)(F)F. The highest BCUT2D eigenvalue weighted by Crippen LogP contribution is 2.31. The van der Waals surface area contributed by atoms with Crippen LogP contribution in [-0.4, -0.2) is 16.9 Å². The van der Waals surface area contributed by atoms with Crippen LogP contribution in [0.15, 0.2) is 72.8 Å². The van der Waals surface area contributed by atoms with Crippen LogP contribution in [0.25, 0.3) is 0 Å². The third-order valence-electron chi connectivity index (χ3n) is 3.00. The van der Waals surface area contributed by atoms with Crippen molar-refractivity contribution in [2.24, 2.45) is 0 Å². The molecule has 2 aromatic carbocycles. The summed E-state index contributed by atoms with van der Waals surface area (Å²) in [5.41, 5.74) is -2.22. The van der Waals surface area contributed by atoms with Gasteiger partial charge in [-0.05, 0) is 42.3 Å². The summed E-state index contributed by atoms with van der Waals surface area (Å²) in [6.45, 7) is 0. The third kappa shape index (κ3) is 4.78. The van der Waals surface area contributed by atoms with Gasteiger partial charge in [-0.2, -0.15) is 13.2 Å². The second kappa shape index (κ2) is 7.55. The Balaban J connectivity index is 2.25. The van der Waals surface area contributed by atoms with Crippen LogP contribution in [0.3, 0.4) is 0 Å². The predicted molar refractivity (Wildman–Crippen MR) is 86.8 cm³/mol. The Morgan fingerprint density at radius 1 is 0.792 bits per heavy atom. The maximum absolute atomic E-state index is 13.1. The zero-order valence-electron chi connectivity index (χ0n) is 12.5. The standard InChI is InChI=1S/C20H13F3O/c21-20(22,23)19(24,16-14-18-11-5-2-6-12-18)15-8-7-13-17-9-3-1-4-10-17/h1-6,8-12,15,24H/b15-8+. The van der Waals surface area contributed by atoms with Gasteiger partial charge in [-0.3, -0.25) is 0 Å². The van der Waals surface area contributed by atoms with Crippen LogP contribution in [0, 0.1) is 23.7 Å². The Labute approximate surface area is 138 Å². The first-order valence-electron chi connectivity index (χ1n) is 7.02. The maximum Gasteiger partial charge on any atom is 0.432 e. The lowest BCUT2D eigenvalue weighted by Crippen LogP contribution is -2.41. The Morgan fingerprint density at radius 3 is 1.79 bits per heavy atom. The minimum Gasteiger partial charge on any atom is -0.367 e. The Morgan fingerprint density at radius 2 is 1.29 bits per heavy atom. The molecule has 1 unspecified atom stereocenters. The van der Waals surface area contributed by atoms with E-state index in [0.717, 1.165) is 6.08 Å². The predicted octanol–water partition coefficient (Wildman–Crippen LogP) is 3.94. The molecule has 1 N–H and O–H groups in total. The lowest BCUT2D eigenvalue weighted by molar-refractivity contribution is -0.216. The Kier molecular flexibility index (Phi) is 5.47. The van der Waals surface area contributed by atoms with Crippen molar-refractivity contribution in [1.82, 2.24) is 0 Å². The van der Waals surface area contributed by atoms with Gasteiger partial charge in [-0.25, -0.2) is 0 Å². The van der Waals surface area contributed by atoms with Gasteiger partial charge in [0, 0.05) is 11.1 Å². The fourth-order valence-corrected chi connectivity index (χ4v) is 1.70. The second-order valence-corrected chi connectivity index (χ2v) is 4.85. The minimum absolute atomic E-state index is 0.379. The topological polar surface area (TPSA) is 20.2 Å². The van der Waals surface area contributed by atoms with Gasteiger partial charge in [0.25, 0.3) is 0 Å². The molecule has 0 radical (unpaired) electrons. The molecule has 1 atom stereocenters. The van der Waals surface area contributed by atoms with Crippen LogP contribution in [0.5, 0.6) is 0 Å². The van der Waals surface area contributed by atoms with E-state index < -0.39 is 11.8 Å². The van der Waals surface area contributed by atoms with Crippen LogP contribution < -0.4 is 0 Å². The molecule has 0 saturated heterocycles. The molecule has 2 rings (SSSR count).